The highest BCUT2D eigenvalue weighted by atomic mass is 35.5. The molecule has 0 saturated heterocycles. The molecule has 0 aromatic heterocycles. The number of benzene rings is 4. The first kappa shape index (κ1) is 43.7. The summed E-state index contributed by atoms with van der Waals surface area (Å²) in [5.74, 6) is 0.250. The third kappa shape index (κ3) is 10.7. The molecule has 0 unspecified atom stereocenters. The monoisotopic (exact) mass is 828 g/mol. The highest BCUT2D eigenvalue weighted by Crippen LogP contribution is 2.40. The molecule has 0 spiro atoms. The molecule has 4 aromatic carbocycles. The van der Waals surface area contributed by atoms with E-state index in [-0.39, 0.29) is 39.4 Å². The highest BCUT2D eigenvalue weighted by molar-refractivity contribution is 7.93. The van der Waals surface area contributed by atoms with E-state index in [0.29, 0.717) is 21.9 Å². The molecular weight excluding hydrogens is 772 g/mol. The maximum atomic E-state index is 14.0. The predicted octanol–water partition coefficient (Wildman–Crippen LogP) is 8.86. The Morgan fingerprint density at radius 2 is 1.26 bits per heavy atom. The first-order valence-electron chi connectivity index (χ1n) is 18.2. The molecule has 2 N–H and O–H groups in total. The van der Waals surface area contributed by atoms with E-state index in [1.807, 2.05) is 36.4 Å². The SMILES string of the molecule is CC(C)(C)NS(=O)(=O)c1cc(CO[Si-](c2ccccc2)(c2ccccc2)C(C)(C)C)ccc1NS(=O)(=O)CCc1ccc(Cl)cc1O[Si-](C)(C)C(C)(C)C. The Morgan fingerprint density at radius 3 is 1.76 bits per heavy atom. The van der Waals surface area contributed by atoms with Crippen molar-refractivity contribution in [2.75, 3.05) is 10.5 Å². The number of rotatable bonds is 14. The number of hydrogen-bond acceptors (Lipinski definition) is 6. The Bertz CT molecular complexity index is 2090. The van der Waals surface area contributed by atoms with Crippen molar-refractivity contribution in [3.63, 3.8) is 0 Å². The van der Waals surface area contributed by atoms with Gasteiger partial charge in [-0.25, -0.2) is 21.6 Å². The fraction of sp³-hybridized carbons (Fsp3) is 0.415. The quantitative estimate of drug-likeness (QED) is 0.123. The molecule has 4 aromatic rings. The van der Waals surface area contributed by atoms with Gasteiger partial charge < -0.3 is 8.85 Å². The lowest BCUT2D eigenvalue weighted by molar-refractivity contribution is 0.286. The molecule has 0 radical (unpaired) electrons. The molecule has 13 heteroatoms. The maximum Gasteiger partial charge on any atom is 0.243 e. The molecular formula is C41H57ClN2O6S2Si2-2. The number of halogens is 1. The van der Waals surface area contributed by atoms with Gasteiger partial charge in [0, 0.05) is 25.5 Å². The van der Waals surface area contributed by atoms with Crippen LogP contribution in [0.4, 0.5) is 5.69 Å². The Hall–Kier alpha value is -2.98. The molecule has 54 heavy (non-hydrogen) atoms. The first-order valence-corrected chi connectivity index (χ1v) is 26.5. The molecule has 0 aliphatic heterocycles. The van der Waals surface area contributed by atoms with Crippen LogP contribution in [-0.4, -0.2) is 44.8 Å². The van der Waals surface area contributed by atoms with Gasteiger partial charge in [0.25, 0.3) is 0 Å². The largest absolute Gasteiger partial charge is 0.689 e. The third-order valence-corrected chi connectivity index (χ3v) is 22.4. The summed E-state index contributed by atoms with van der Waals surface area (Å²) >= 11 is 6.34. The molecule has 0 aliphatic rings. The second kappa shape index (κ2) is 16.2. The molecule has 8 nitrogen and oxygen atoms in total. The minimum atomic E-state index is -4.19. The van der Waals surface area contributed by atoms with Crippen LogP contribution in [0.5, 0.6) is 5.75 Å². The molecule has 0 fully saturated rings. The third-order valence-electron chi connectivity index (χ3n) is 9.75. The van der Waals surface area contributed by atoms with E-state index < -0.39 is 42.2 Å². The molecule has 4 rings (SSSR count). The van der Waals surface area contributed by atoms with Crippen LogP contribution in [0.25, 0.3) is 0 Å². The molecule has 296 valence electrons. The van der Waals surface area contributed by atoms with E-state index in [1.54, 1.807) is 45.0 Å². The number of hydrogen-bond donors (Lipinski definition) is 2. The number of nitrogens with one attached hydrogen (secondary N) is 2. The Labute approximate surface area is 331 Å². The van der Waals surface area contributed by atoms with Gasteiger partial charge >= 0.3 is 0 Å². The molecule has 0 saturated carbocycles. The van der Waals surface area contributed by atoms with E-state index >= 15 is 0 Å². The Morgan fingerprint density at radius 1 is 0.704 bits per heavy atom. The average molecular weight is 830 g/mol. The zero-order valence-electron chi connectivity index (χ0n) is 33.5. The van der Waals surface area contributed by atoms with Crippen LogP contribution in [0.3, 0.4) is 0 Å². The van der Waals surface area contributed by atoms with Crippen LogP contribution < -0.4 is 24.2 Å². The Balaban J connectivity index is 1.70. The molecule has 0 amide bonds. The van der Waals surface area contributed by atoms with Gasteiger partial charge in [-0.3, -0.25) is 4.72 Å². The van der Waals surface area contributed by atoms with E-state index in [2.05, 4.69) is 88.3 Å². The van der Waals surface area contributed by atoms with Gasteiger partial charge in [-0.2, -0.15) is 10.4 Å². The zero-order chi connectivity index (χ0) is 40.4. The van der Waals surface area contributed by atoms with Gasteiger partial charge in [0.15, 0.2) is 0 Å². The lowest BCUT2D eigenvalue weighted by Crippen LogP contribution is -2.66. The van der Waals surface area contributed by atoms with Crippen LogP contribution in [0.15, 0.2) is 102 Å². The summed E-state index contributed by atoms with van der Waals surface area (Å²) < 4.78 is 74.3. The zero-order valence-corrected chi connectivity index (χ0v) is 37.9. The van der Waals surface area contributed by atoms with Gasteiger partial charge in [-0.15, -0.1) is 23.2 Å². The maximum absolute atomic E-state index is 14.0. The van der Waals surface area contributed by atoms with Crippen LogP contribution >= 0.6 is 11.6 Å². The van der Waals surface area contributed by atoms with Crippen molar-refractivity contribution in [3.05, 3.63) is 113 Å². The summed E-state index contributed by atoms with van der Waals surface area (Å²) in [7, 11) is -13.5. The van der Waals surface area contributed by atoms with Crippen molar-refractivity contribution in [1.82, 2.24) is 4.72 Å². The fourth-order valence-corrected chi connectivity index (χ4v) is 14.6. The smallest absolute Gasteiger partial charge is 0.243 e. The van der Waals surface area contributed by atoms with Crippen molar-refractivity contribution in [2.24, 2.45) is 0 Å². The second-order valence-corrected chi connectivity index (χ2v) is 30.4. The van der Waals surface area contributed by atoms with Gasteiger partial charge in [0.05, 0.1) is 25.5 Å². The molecule has 0 aliphatic carbocycles. The fourth-order valence-electron chi connectivity index (χ4n) is 6.10. The summed E-state index contributed by atoms with van der Waals surface area (Å²) in [6, 6.07) is 30.3. The van der Waals surface area contributed by atoms with Gasteiger partial charge in [0.2, 0.25) is 20.0 Å². The first-order chi connectivity index (χ1) is 24.8. The normalized spacial score (nSPS) is 13.5. The van der Waals surface area contributed by atoms with Crippen molar-refractivity contribution < 1.29 is 25.7 Å². The van der Waals surface area contributed by atoms with E-state index in [4.69, 9.17) is 20.5 Å². The predicted molar refractivity (Wildman–Crippen MR) is 229 cm³/mol. The van der Waals surface area contributed by atoms with Gasteiger partial charge in [0.1, 0.15) is 4.90 Å². The number of aryl methyl sites for hydroxylation is 1. The van der Waals surface area contributed by atoms with Crippen molar-refractivity contribution in [1.29, 1.82) is 0 Å². The standard InChI is InChI=1S/C41H57ClN2O6S2Si2/c1-39(2,3)44-52(47,48)38-28-31(30-49-54(41(7,8)9,34-18-14-12-15-19-34)35-20-16-13-17-21-35)22-25-36(38)43-51(45,46)27-26-32-23-24-33(42)29-37(32)50-53(10,11)40(4,5)6/h12-25,28-29,43-44H,26-27,30H2,1-11H3/q-2. The van der Waals surface area contributed by atoms with Crippen LogP contribution in [0.2, 0.25) is 28.2 Å². The molecule has 0 bridgehead atoms. The van der Waals surface area contributed by atoms with Crippen molar-refractivity contribution in [3.8, 4) is 5.75 Å². The number of sulfonamides is 2. The van der Waals surface area contributed by atoms with Crippen LogP contribution in [-0.2, 0) is 37.5 Å². The van der Waals surface area contributed by atoms with Crippen molar-refractivity contribution in [2.45, 2.75) is 109 Å². The van der Waals surface area contributed by atoms with Gasteiger partial charge in [-0.05, 0) is 62.6 Å². The summed E-state index contributed by atoms with van der Waals surface area (Å²) in [4.78, 5) is -0.182. The van der Waals surface area contributed by atoms with Crippen LogP contribution in [0.1, 0.15) is 73.4 Å². The summed E-state index contributed by atoms with van der Waals surface area (Å²) in [5.41, 5.74) is 0.419. The number of anilines is 1. The Kier molecular flexibility index (Phi) is 13.2. The average Bonchev–Trinajstić information content (AvgIpc) is 3.03. The van der Waals surface area contributed by atoms with E-state index in [0.717, 1.165) is 10.4 Å². The van der Waals surface area contributed by atoms with Gasteiger partial charge in [-0.1, -0.05) is 126 Å². The van der Waals surface area contributed by atoms with Crippen LogP contribution in [0, 0.1) is 0 Å². The summed E-state index contributed by atoms with van der Waals surface area (Å²) in [5, 5.41) is 2.30. The minimum Gasteiger partial charge on any atom is -0.689 e. The second-order valence-electron chi connectivity index (χ2n) is 17.4. The van der Waals surface area contributed by atoms with Crippen molar-refractivity contribution >= 4 is 64.3 Å². The van der Waals surface area contributed by atoms with E-state index in [9.17, 15) is 16.8 Å². The minimum absolute atomic E-state index is 0.0465. The van der Waals surface area contributed by atoms with E-state index in [1.165, 1.54) is 12.1 Å². The summed E-state index contributed by atoms with van der Waals surface area (Å²) in [6.07, 6.45) is 0.128. The lowest BCUT2D eigenvalue weighted by atomic mass is 10.1. The summed E-state index contributed by atoms with van der Waals surface area (Å²) in [6.45, 7) is 22.5. The lowest BCUT2D eigenvalue weighted by Gasteiger charge is -2.55. The topological polar surface area (TPSA) is 111 Å². The molecule has 0 heterocycles. The molecule has 0 atom stereocenters. The highest BCUT2D eigenvalue weighted by Gasteiger charge is 2.37.